The Labute approximate surface area is 137 Å². The van der Waals surface area contributed by atoms with Crippen LogP contribution in [-0.4, -0.2) is 11.0 Å². The lowest BCUT2D eigenvalue weighted by molar-refractivity contribution is -0.131. The molecule has 0 N–H and O–H groups in total. The Morgan fingerprint density at radius 3 is 2.73 bits per heavy atom. The van der Waals surface area contributed by atoms with Gasteiger partial charge in [-0.25, -0.2) is 4.98 Å². The van der Waals surface area contributed by atoms with E-state index < -0.39 is 0 Å². The predicted octanol–water partition coefficient (Wildman–Crippen LogP) is 4.93. The van der Waals surface area contributed by atoms with E-state index in [1.165, 1.54) is 6.92 Å². The van der Waals surface area contributed by atoms with Crippen LogP contribution in [0.15, 0.2) is 42.5 Å². The van der Waals surface area contributed by atoms with Crippen molar-refractivity contribution in [3.8, 4) is 16.3 Å². The summed E-state index contributed by atoms with van der Waals surface area (Å²) in [5.41, 5.74) is 1.99. The standard InChI is InChI=1S/C17H13NO2S2/c1-10-9-12(20-11(2)19)7-8-13(10)17-18-16(21)14-5-3-4-6-15(14)22-17/h3-9H,1-2H3. The zero-order valence-corrected chi connectivity index (χ0v) is 13.8. The number of hydrogen-bond donors (Lipinski definition) is 0. The van der Waals surface area contributed by atoms with Crippen molar-refractivity contribution >= 4 is 39.6 Å². The highest BCUT2D eigenvalue weighted by Crippen LogP contribution is 2.32. The minimum absolute atomic E-state index is 0.327. The van der Waals surface area contributed by atoms with Crippen molar-refractivity contribution in [1.29, 1.82) is 0 Å². The highest BCUT2D eigenvalue weighted by molar-refractivity contribution is 7.71. The number of aromatic nitrogens is 1. The van der Waals surface area contributed by atoms with E-state index in [4.69, 9.17) is 17.0 Å². The van der Waals surface area contributed by atoms with Gasteiger partial charge in [-0.1, -0.05) is 30.4 Å². The molecular weight excluding hydrogens is 314 g/mol. The quantitative estimate of drug-likeness (QED) is 0.380. The van der Waals surface area contributed by atoms with Crippen molar-refractivity contribution < 1.29 is 9.53 Å². The van der Waals surface area contributed by atoms with Gasteiger partial charge in [0.2, 0.25) is 0 Å². The molecule has 0 unspecified atom stereocenters. The summed E-state index contributed by atoms with van der Waals surface area (Å²) in [4.78, 5) is 15.6. The number of ether oxygens (including phenoxy) is 1. The minimum atomic E-state index is -0.327. The summed E-state index contributed by atoms with van der Waals surface area (Å²) in [5.74, 6) is 0.213. The molecule has 110 valence electrons. The van der Waals surface area contributed by atoms with Gasteiger partial charge in [-0.15, -0.1) is 11.3 Å². The lowest BCUT2D eigenvalue weighted by atomic mass is 10.1. The highest BCUT2D eigenvalue weighted by Gasteiger charge is 2.09. The van der Waals surface area contributed by atoms with Gasteiger partial charge in [-0.2, -0.15) is 0 Å². The Bertz CT molecular complexity index is 931. The van der Waals surface area contributed by atoms with Crippen molar-refractivity contribution in [3.05, 3.63) is 52.7 Å². The second kappa shape index (κ2) is 5.94. The average molecular weight is 327 g/mol. The summed E-state index contributed by atoms with van der Waals surface area (Å²) in [6.07, 6.45) is 0. The van der Waals surface area contributed by atoms with Crippen molar-refractivity contribution in [1.82, 2.24) is 4.98 Å². The molecule has 0 atom stereocenters. The molecule has 0 radical (unpaired) electrons. The summed E-state index contributed by atoms with van der Waals surface area (Å²) in [6.45, 7) is 3.36. The van der Waals surface area contributed by atoms with E-state index in [1.807, 2.05) is 43.3 Å². The molecule has 3 aromatic rings. The first-order chi connectivity index (χ1) is 10.5. The van der Waals surface area contributed by atoms with Gasteiger partial charge in [0, 0.05) is 22.6 Å². The SMILES string of the molecule is CC(=O)Oc1ccc(-c2nc(=S)c3ccccc3s2)c(C)c1. The minimum Gasteiger partial charge on any atom is -0.427 e. The molecule has 0 fully saturated rings. The molecular formula is C17H13NO2S2. The molecule has 3 nitrogen and oxygen atoms in total. The van der Waals surface area contributed by atoms with Crippen LogP contribution < -0.4 is 4.74 Å². The molecule has 0 saturated heterocycles. The Kier molecular flexibility index (Phi) is 4.00. The smallest absolute Gasteiger partial charge is 0.308 e. The molecule has 0 amide bonds. The molecule has 0 spiro atoms. The lowest BCUT2D eigenvalue weighted by Crippen LogP contribution is -2.01. The third-order valence-corrected chi connectivity index (χ3v) is 4.61. The molecule has 0 bridgehead atoms. The first-order valence-corrected chi connectivity index (χ1v) is 7.96. The van der Waals surface area contributed by atoms with Crippen LogP contribution in [0.4, 0.5) is 0 Å². The van der Waals surface area contributed by atoms with Crippen LogP contribution in [0, 0.1) is 11.6 Å². The summed E-state index contributed by atoms with van der Waals surface area (Å²) >= 11 is 7.00. The Morgan fingerprint density at radius 1 is 1.23 bits per heavy atom. The van der Waals surface area contributed by atoms with E-state index in [0.29, 0.717) is 10.4 Å². The maximum absolute atomic E-state index is 11.0. The van der Waals surface area contributed by atoms with Crippen LogP contribution in [0.25, 0.3) is 20.7 Å². The van der Waals surface area contributed by atoms with Crippen LogP contribution >= 0.6 is 23.6 Å². The normalized spacial score (nSPS) is 10.6. The summed E-state index contributed by atoms with van der Waals surface area (Å²) in [6, 6.07) is 13.5. The maximum atomic E-state index is 11.0. The number of esters is 1. The summed E-state index contributed by atoms with van der Waals surface area (Å²) in [7, 11) is 0. The zero-order valence-electron chi connectivity index (χ0n) is 12.1. The number of nitrogens with zero attached hydrogens (tertiary/aromatic N) is 1. The Hall–Kier alpha value is -2.11. The molecule has 0 aliphatic rings. The number of fused-ring (bicyclic) bond motifs is 1. The molecule has 3 rings (SSSR count). The van der Waals surface area contributed by atoms with Crippen molar-refractivity contribution in [3.63, 3.8) is 0 Å². The zero-order chi connectivity index (χ0) is 15.7. The van der Waals surface area contributed by atoms with Crippen LogP contribution in [0.2, 0.25) is 0 Å². The molecule has 5 heteroatoms. The van der Waals surface area contributed by atoms with E-state index in [0.717, 1.165) is 26.2 Å². The van der Waals surface area contributed by atoms with E-state index in [-0.39, 0.29) is 5.97 Å². The molecule has 0 aliphatic heterocycles. The number of rotatable bonds is 2. The van der Waals surface area contributed by atoms with E-state index in [2.05, 4.69) is 4.98 Å². The van der Waals surface area contributed by atoms with Crippen LogP contribution in [-0.2, 0) is 4.79 Å². The number of benzene rings is 2. The number of carbonyl (C=O) groups excluding carboxylic acids is 1. The Balaban J connectivity index is 2.11. The molecule has 0 aliphatic carbocycles. The van der Waals surface area contributed by atoms with Crippen molar-refractivity contribution in [2.45, 2.75) is 13.8 Å². The predicted molar refractivity (Wildman–Crippen MR) is 91.9 cm³/mol. The van der Waals surface area contributed by atoms with Crippen molar-refractivity contribution in [2.24, 2.45) is 0 Å². The molecule has 2 aromatic carbocycles. The van der Waals surface area contributed by atoms with Crippen LogP contribution in [0.1, 0.15) is 12.5 Å². The third kappa shape index (κ3) is 2.91. The summed E-state index contributed by atoms with van der Waals surface area (Å²) in [5, 5.41) is 1.87. The molecule has 0 saturated carbocycles. The van der Waals surface area contributed by atoms with Gasteiger partial charge in [-0.05, 0) is 36.8 Å². The van der Waals surface area contributed by atoms with Crippen LogP contribution in [0.5, 0.6) is 5.75 Å². The first-order valence-electron chi connectivity index (χ1n) is 6.74. The van der Waals surface area contributed by atoms with Crippen molar-refractivity contribution in [2.75, 3.05) is 0 Å². The fourth-order valence-electron chi connectivity index (χ4n) is 2.23. The number of carbonyl (C=O) groups is 1. The lowest BCUT2D eigenvalue weighted by Gasteiger charge is -2.08. The second-order valence-electron chi connectivity index (χ2n) is 4.89. The van der Waals surface area contributed by atoms with Gasteiger partial charge < -0.3 is 4.74 Å². The Morgan fingerprint density at radius 2 is 2.00 bits per heavy atom. The fourth-order valence-corrected chi connectivity index (χ4v) is 3.73. The highest BCUT2D eigenvalue weighted by atomic mass is 32.1. The monoisotopic (exact) mass is 327 g/mol. The van der Waals surface area contributed by atoms with Gasteiger partial charge >= 0.3 is 5.97 Å². The average Bonchev–Trinajstić information content (AvgIpc) is 2.46. The van der Waals surface area contributed by atoms with Crippen LogP contribution in [0.3, 0.4) is 0 Å². The van der Waals surface area contributed by atoms with Gasteiger partial charge in [0.05, 0.1) is 0 Å². The first kappa shape index (κ1) is 14.8. The number of aryl methyl sites for hydroxylation is 1. The molecule has 1 heterocycles. The van der Waals surface area contributed by atoms with E-state index in [1.54, 1.807) is 17.4 Å². The maximum Gasteiger partial charge on any atom is 0.308 e. The largest absolute Gasteiger partial charge is 0.427 e. The topological polar surface area (TPSA) is 39.2 Å². The molecule has 1 aromatic heterocycles. The number of hydrogen-bond acceptors (Lipinski definition) is 5. The third-order valence-electron chi connectivity index (χ3n) is 3.22. The summed E-state index contributed by atoms with van der Waals surface area (Å²) < 4.78 is 6.82. The fraction of sp³-hybridized carbons (Fsp3) is 0.118. The second-order valence-corrected chi connectivity index (χ2v) is 6.31. The molecule has 22 heavy (non-hydrogen) atoms. The van der Waals surface area contributed by atoms with Gasteiger partial charge in [0.15, 0.2) is 0 Å². The van der Waals surface area contributed by atoms with E-state index >= 15 is 0 Å². The van der Waals surface area contributed by atoms with Gasteiger partial charge in [-0.3, -0.25) is 4.79 Å². The van der Waals surface area contributed by atoms with Gasteiger partial charge in [0.1, 0.15) is 15.4 Å². The van der Waals surface area contributed by atoms with Gasteiger partial charge in [0.25, 0.3) is 0 Å². The van der Waals surface area contributed by atoms with E-state index in [9.17, 15) is 4.79 Å².